The number of amides is 2. The number of benzene rings is 2. The first kappa shape index (κ1) is 28.8. The fraction of sp³-hybridized carbons (Fsp3) is 0.500. The van der Waals surface area contributed by atoms with Crippen molar-refractivity contribution in [1.82, 2.24) is 10.8 Å². The maximum atomic E-state index is 13.3. The molecule has 1 fully saturated rings. The van der Waals surface area contributed by atoms with Crippen LogP contribution in [0.3, 0.4) is 0 Å². The van der Waals surface area contributed by atoms with Crippen molar-refractivity contribution in [1.29, 1.82) is 0 Å². The standard InChI is InChI=1S/C32H42N2O5/c1-24(25-13-4-2-5-14-25)33-32(36)27(23-38-29-19-12-17-26-15-8-9-18-28(26)29)16-6-3-7-20-30(35)34-39-31-21-10-11-22-37-31/h4,8-9,12-13,15-19,24-25,31H,2-3,5-7,10-11,14,20-23H2,1H3,(H,33,36)(H,34,35)/b27-16+. The number of hydroxylamine groups is 1. The topological polar surface area (TPSA) is 85.9 Å². The average Bonchev–Trinajstić information content (AvgIpc) is 2.98. The third kappa shape index (κ3) is 9.22. The van der Waals surface area contributed by atoms with Gasteiger partial charge in [0.25, 0.3) is 5.91 Å². The molecule has 2 aromatic rings. The lowest BCUT2D eigenvalue weighted by molar-refractivity contribution is -0.200. The Hall–Kier alpha value is -3.16. The first-order valence-corrected chi connectivity index (χ1v) is 14.4. The third-order valence-electron chi connectivity index (χ3n) is 7.41. The molecule has 4 rings (SSSR count). The van der Waals surface area contributed by atoms with Gasteiger partial charge >= 0.3 is 0 Å². The Morgan fingerprint density at radius 2 is 1.95 bits per heavy atom. The van der Waals surface area contributed by atoms with E-state index in [-0.39, 0.29) is 30.8 Å². The first-order valence-electron chi connectivity index (χ1n) is 14.4. The van der Waals surface area contributed by atoms with Crippen LogP contribution in [-0.2, 0) is 19.2 Å². The zero-order chi connectivity index (χ0) is 27.3. The Kier molecular flexibility index (Phi) is 11.4. The molecule has 1 heterocycles. The summed E-state index contributed by atoms with van der Waals surface area (Å²) in [5.74, 6) is 0.858. The zero-order valence-electron chi connectivity index (χ0n) is 23.0. The molecule has 0 aromatic heterocycles. The predicted octanol–water partition coefficient (Wildman–Crippen LogP) is 6.14. The van der Waals surface area contributed by atoms with Gasteiger partial charge in [-0.3, -0.25) is 9.59 Å². The molecule has 39 heavy (non-hydrogen) atoms. The van der Waals surface area contributed by atoms with Gasteiger partial charge in [0, 0.05) is 30.9 Å². The zero-order valence-corrected chi connectivity index (χ0v) is 23.0. The van der Waals surface area contributed by atoms with Crippen molar-refractivity contribution >= 4 is 22.6 Å². The molecule has 0 bridgehead atoms. The Labute approximate surface area is 231 Å². The molecule has 2 N–H and O–H groups in total. The van der Waals surface area contributed by atoms with Crippen LogP contribution >= 0.6 is 0 Å². The molecule has 2 aliphatic rings. The highest BCUT2D eigenvalue weighted by Crippen LogP contribution is 2.26. The predicted molar refractivity (Wildman–Crippen MR) is 153 cm³/mol. The number of carbonyl (C=O) groups is 2. The number of carbonyl (C=O) groups excluding carboxylic acids is 2. The number of nitrogens with one attached hydrogen (secondary N) is 2. The highest BCUT2D eigenvalue weighted by molar-refractivity contribution is 5.94. The summed E-state index contributed by atoms with van der Waals surface area (Å²) in [5.41, 5.74) is 3.12. The maximum absolute atomic E-state index is 13.3. The minimum absolute atomic E-state index is 0.0480. The molecular weight excluding hydrogens is 492 g/mol. The summed E-state index contributed by atoms with van der Waals surface area (Å²) in [7, 11) is 0. The molecule has 0 spiro atoms. The van der Waals surface area contributed by atoms with E-state index >= 15 is 0 Å². The molecule has 1 aliphatic carbocycles. The minimum atomic E-state index is -0.347. The molecule has 2 aromatic carbocycles. The molecule has 3 atom stereocenters. The Bertz CT molecular complexity index is 1130. The van der Waals surface area contributed by atoms with Crippen molar-refractivity contribution in [2.45, 2.75) is 83.5 Å². The first-order chi connectivity index (χ1) is 19.1. The van der Waals surface area contributed by atoms with E-state index in [9.17, 15) is 9.59 Å². The Morgan fingerprint density at radius 3 is 2.77 bits per heavy atom. The van der Waals surface area contributed by atoms with Crippen LogP contribution in [0.2, 0.25) is 0 Å². The number of rotatable bonds is 13. The lowest BCUT2D eigenvalue weighted by Crippen LogP contribution is -2.39. The van der Waals surface area contributed by atoms with Gasteiger partial charge in [-0.25, -0.2) is 10.3 Å². The summed E-state index contributed by atoms with van der Waals surface area (Å²) in [6.45, 7) is 2.92. The van der Waals surface area contributed by atoms with Crippen molar-refractivity contribution in [3.63, 3.8) is 0 Å². The van der Waals surface area contributed by atoms with E-state index < -0.39 is 0 Å². The van der Waals surface area contributed by atoms with Crippen LogP contribution in [0.15, 0.2) is 66.3 Å². The second kappa shape index (κ2) is 15.4. The van der Waals surface area contributed by atoms with Gasteiger partial charge in [0.15, 0.2) is 6.29 Å². The molecule has 2 amide bonds. The average molecular weight is 535 g/mol. The molecule has 3 unspecified atom stereocenters. The van der Waals surface area contributed by atoms with Crippen LogP contribution in [-0.4, -0.2) is 37.4 Å². The summed E-state index contributed by atoms with van der Waals surface area (Å²) >= 11 is 0. The van der Waals surface area contributed by atoms with Crippen LogP contribution in [0.25, 0.3) is 10.8 Å². The largest absolute Gasteiger partial charge is 0.488 e. The quantitative estimate of drug-likeness (QED) is 0.140. The van der Waals surface area contributed by atoms with Crippen LogP contribution in [0.4, 0.5) is 0 Å². The highest BCUT2D eigenvalue weighted by atomic mass is 16.8. The number of ether oxygens (including phenoxy) is 2. The molecule has 1 aliphatic heterocycles. The highest BCUT2D eigenvalue weighted by Gasteiger charge is 2.21. The molecular formula is C32H42N2O5. The van der Waals surface area contributed by atoms with Crippen LogP contribution in [0, 0.1) is 5.92 Å². The van der Waals surface area contributed by atoms with E-state index in [1.54, 1.807) is 0 Å². The van der Waals surface area contributed by atoms with Crippen molar-refractivity contribution in [3.05, 3.63) is 66.3 Å². The summed E-state index contributed by atoms with van der Waals surface area (Å²) in [4.78, 5) is 30.8. The van der Waals surface area contributed by atoms with Gasteiger partial charge in [-0.15, -0.1) is 0 Å². The monoisotopic (exact) mass is 534 g/mol. The lowest BCUT2D eigenvalue weighted by atomic mass is 9.90. The minimum Gasteiger partial charge on any atom is -0.488 e. The lowest BCUT2D eigenvalue weighted by Gasteiger charge is -2.25. The van der Waals surface area contributed by atoms with Crippen molar-refractivity contribution in [3.8, 4) is 5.75 Å². The SMILES string of the molecule is CC(NC(=O)/C(=C/CCCCC(=O)NOC1CCCCO1)COc1cccc2ccccc12)C1C=CCCC1. The van der Waals surface area contributed by atoms with E-state index in [2.05, 4.69) is 29.9 Å². The molecule has 7 nitrogen and oxygen atoms in total. The second-order valence-corrected chi connectivity index (χ2v) is 10.5. The summed E-state index contributed by atoms with van der Waals surface area (Å²) in [6.07, 6.45) is 14.8. The third-order valence-corrected chi connectivity index (χ3v) is 7.41. The number of fused-ring (bicyclic) bond motifs is 1. The van der Waals surface area contributed by atoms with Gasteiger partial charge in [-0.05, 0) is 75.7 Å². The Balaban J connectivity index is 1.30. The van der Waals surface area contributed by atoms with Gasteiger partial charge in [-0.2, -0.15) is 0 Å². The summed E-state index contributed by atoms with van der Waals surface area (Å²) in [6, 6.07) is 14.1. The van der Waals surface area contributed by atoms with Gasteiger partial charge in [0.2, 0.25) is 5.91 Å². The van der Waals surface area contributed by atoms with Gasteiger partial charge in [0.05, 0.1) is 5.57 Å². The molecule has 210 valence electrons. The van der Waals surface area contributed by atoms with Crippen LogP contribution < -0.4 is 15.5 Å². The van der Waals surface area contributed by atoms with Crippen LogP contribution in [0.1, 0.15) is 71.1 Å². The number of hydrogen-bond donors (Lipinski definition) is 2. The smallest absolute Gasteiger partial charge is 0.250 e. The van der Waals surface area contributed by atoms with Crippen molar-refractivity contribution in [2.75, 3.05) is 13.2 Å². The second-order valence-electron chi connectivity index (χ2n) is 10.5. The molecule has 7 heteroatoms. The van der Waals surface area contributed by atoms with E-state index in [1.807, 2.05) is 48.5 Å². The maximum Gasteiger partial charge on any atom is 0.250 e. The van der Waals surface area contributed by atoms with E-state index in [1.165, 1.54) is 0 Å². The summed E-state index contributed by atoms with van der Waals surface area (Å²) in [5, 5.41) is 5.32. The van der Waals surface area contributed by atoms with Crippen molar-refractivity contribution in [2.24, 2.45) is 5.92 Å². The fourth-order valence-electron chi connectivity index (χ4n) is 5.05. The Morgan fingerprint density at radius 1 is 1.08 bits per heavy atom. The fourth-order valence-corrected chi connectivity index (χ4v) is 5.05. The summed E-state index contributed by atoms with van der Waals surface area (Å²) < 4.78 is 11.6. The number of hydrogen-bond acceptors (Lipinski definition) is 5. The number of allylic oxidation sites excluding steroid dienone is 2. The van der Waals surface area contributed by atoms with Crippen molar-refractivity contribution < 1.29 is 23.9 Å². The van der Waals surface area contributed by atoms with Gasteiger partial charge in [0.1, 0.15) is 12.4 Å². The number of unbranched alkanes of at least 4 members (excludes halogenated alkanes) is 2. The van der Waals surface area contributed by atoms with Gasteiger partial charge < -0.3 is 14.8 Å². The van der Waals surface area contributed by atoms with Gasteiger partial charge in [-0.1, -0.05) is 54.6 Å². The van der Waals surface area contributed by atoms with E-state index in [4.69, 9.17) is 14.3 Å². The van der Waals surface area contributed by atoms with E-state index in [0.29, 0.717) is 37.4 Å². The molecule has 0 radical (unpaired) electrons. The normalized spacial score (nSPS) is 20.4. The van der Waals surface area contributed by atoms with Crippen LogP contribution in [0.5, 0.6) is 5.75 Å². The van der Waals surface area contributed by atoms with E-state index in [0.717, 1.165) is 61.5 Å². The molecule has 0 saturated carbocycles. The molecule has 1 saturated heterocycles.